The first-order valence-electron chi connectivity index (χ1n) is 3.64. The van der Waals surface area contributed by atoms with Crippen LogP contribution in [0.4, 0.5) is 0 Å². The first-order chi connectivity index (χ1) is 5.11. The summed E-state index contributed by atoms with van der Waals surface area (Å²) in [7, 11) is 0. The fourth-order valence-electron chi connectivity index (χ4n) is 0.635. The number of carboxylic acid groups (broad SMARTS) is 1. The van der Waals surface area contributed by atoms with Crippen molar-refractivity contribution in [1.82, 2.24) is 5.32 Å². The maximum absolute atomic E-state index is 10.7. The van der Waals surface area contributed by atoms with Crippen LogP contribution in [0.1, 0.15) is 26.7 Å². The highest BCUT2D eigenvalue weighted by molar-refractivity contribution is 5.83. The second-order valence-electron chi connectivity index (χ2n) is 2.22. The van der Waals surface area contributed by atoms with Crippen LogP contribution in [0.2, 0.25) is 0 Å². The predicted molar refractivity (Wildman–Crippen MR) is 40.1 cm³/mol. The molecule has 0 aromatic carbocycles. The lowest BCUT2D eigenvalue weighted by atomic mass is 10.2. The molecular weight excluding hydrogens is 146 g/mol. The monoisotopic (exact) mass is 159 g/mol. The second kappa shape index (κ2) is 4.71. The lowest BCUT2D eigenvalue weighted by molar-refractivity contribution is -0.141. The molecule has 0 aromatic heterocycles. The Kier molecular flexibility index (Phi) is 4.26. The maximum atomic E-state index is 10.7. The minimum atomic E-state index is -0.977. The van der Waals surface area contributed by atoms with Crippen LogP contribution in [-0.4, -0.2) is 23.0 Å². The number of rotatable bonds is 4. The third-order valence-electron chi connectivity index (χ3n) is 1.36. The van der Waals surface area contributed by atoms with Gasteiger partial charge in [-0.1, -0.05) is 13.8 Å². The zero-order valence-electron chi connectivity index (χ0n) is 6.76. The normalized spacial score (nSPS) is 12.2. The van der Waals surface area contributed by atoms with Crippen LogP contribution < -0.4 is 5.32 Å². The number of aliphatic carboxylic acids is 1. The van der Waals surface area contributed by atoms with Gasteiger partial charge in [-0.3, -0.25) is 4.79 Å². The third-order valence-corrected chi connectivity index (χ3v) is 1.36. The molecule has 0 aromatic rings. The topological polar surface area (TPSA) is 66.4 Å². The summed E-state index contributed by atoms with van der Waals surface area (Å²) in [5, 5.41) is 10.9. The van der Waals surface area contributed by atoms with E-state index in [1.165, 1.54) is 0 Å². The van der Waals surface area contributed by atoms with E-state index < -0.39 is 12.0 Å². The standard InChI is InChI=1S/C7H13NO3/c1-3-5(7(10)11)8-6(9)4-2/h5H,3-4H2,1-2H3,(H,8,9)(H,10,11). The molecule has 0 aliphatic carbocycles. The quantitative estimate of drug-likeness (QED) is 0.623. The molecule has 0 fully saturated rings. The van der Waals surface area contributed by atoms with Gasteiger partial charge in [0.15, 0.2) is 0 Å². The number of carbonyl (C=O) groups is 2. The Morgan fingerprint density at radius 1 is 1.45 bits per heavy atom. The molecule has 0 spiro atoms. The molecule has 64 valence electrons. The largest absolute Gasteiger partial charge is 0.480 e. The Bertz CT molecular complexity index is 156. The minimum Gasteiger partial charge on any atom is -0.480 e. The molecule has 11 heavy (non-hydrogen) atoms. The molecule has 0 radical (unpaired) electrons. The minimum absolute atomic E-state index is 0.223. The molecule has 0 saturated carbocycles. The highest BCUT2D eigenvalue weighted by Crippen LogP contribution is 1.91. The van der Waals surface area contributed by atoms with Gasteiger partial charge in [-0.25, -0.2) is 4.79 Å². The fraction of sp³-hybridized carbons (Fsp3) is 0.714. The van der Waals surface area contributed by atoms with Gasteiger partial charge in [-0.2, -0.15) is 0 Å². The van der Waals surface area contributed by atoms with E-state index in [4.69, 9.17) is 5.11 Å². The Hall–Kier alpha value is -1.06. The molecule has 4 nitrogen and oxygen atoms in total. The maximum Gasteiger partial charge on any atom is 0.326 e. The van der Waals surface area contributed by atoms with Crippen molar-refractivity contribution in [3.05, 3.63) is 0 Å². The number of hydrogen-bond acceptors (Lipinski definition) is 2. The van der Waals surface area contributed by atoms with Crippen LogP contribution in [0.5, 0.6) is 0 Å². The van der Waals surface area contributed by atoms with Gasteiger partial charge in [0.25, 0.3) is 0 Å². The summed E-state index contributed by atoms with van der Waals surface area (Å²) in [4.78, 5) is 21.1. The molecular formula is C7H13NO3. The second-order valence-corrected chi connectivity index (χ2v) is 2.22. The summed E-state index contributed by atoms with van der Waals surface area (Å²) in [6, 6.07) is -0.734. The van der Waals surface area contributed by atoms with Gasteiger partial charge in [-0.05, 0) is 6.42 Å². The summed E-state index contributed by atoms with van der Waals surface area (Å²) in [5.41, 5.74) is 0. The number of nitrogens with one attached hydrogen (secondary N) is 1. The summed E-state index contributed by atoms with van der Waals surface area (Å²) in [6.45, 7) is 3.40. The zero-order chi connectivity index (χ0) is 8.85. The Morgan fingerprint density at radius 3 is 2.27 bits per heavy atom. The Morgan fingerprint density at radius 2 is 2.00 bits per heavy atom. The molecule has 0 heterocycles. The lowest BCUT2D eigenvalue weighted by Gasteiger charge is -2.10. The summed E-state index contributed by atoms with van der Waals surface area (Å²) >= 11 is 0. The summed E-state index contributed by atoms with van der Waals surface area (Å²) < 4.78 is 0. The van der Waals surface area contributed by atoms with Gasteiger partial charge in [0.2, 0.25) is 5.91 Å². The Balaban J connectivity index is 3.88. The molecule has 1 atom stereocenters. The Labute approximate surface area is 65.6 Å². The van der Waals surface area contributed by atoms with Crippen LogP contribution in [-0.2, 0) is 9.59 Å². The van der Waals surface area contributed by atoms with Crippen LogP contribution in [0.3, 0.4) is 0 Å². The zero-order valence-corrected chi connectivity index (χ0v) is 6.76. The number of hydrogen-bond donors (Lipinski definition) is 2. The molecule has 1 amide bonds. The lowest BCUT2D eigenvalue weighted by Crippen LogP contribution is -2.39. The van der Waals surface area contributed by atoms with Crippen LogP contribution in [0.25, 0.3) is 0 Å². The van der Waals surface area contributed by atoms with Crippen molar-refractivity contribution >= 4 is 11.9 Å². The van der Waals surface area contributed by atoms with E-state index in [2.05, 4.69) is 5.32 Å². The predicted octanol–water partition coefficient (Wildman–Crippen LogP) is 0.376. The highest BCUT2D eigenvalue weighted by atomic mass is 16.4. The number of carboxylic acids is 1. The van der Waals surface area contributed by atoms with Crippen molar-refractivity contribution in [1.29, 1.82) is 0 Å². The fourth-order valence-corrected chi connectivity index (χ4v) is 0.635. The van der Waals surface area contributed by atoms with E-state index >= 15 is 0 Å². The van der Waals surface area contributed by atoms with Gasteiger partial charge in [0, 0.05) is 6.42 Å². The number of amides is 1. The molecule has 0 rings (SSSR count). The molecule has 0 aliphatic rings. The van der Waals surface area contributed by atoms with Crippen molar-refractivity contribution in [2.75, 3.05) is 0 Å². The molecule has 0 saturated heterocycles. The average Bonchev–Trinajstić information content (AvgIpc) is 1.99. The third kappa shape index (κ3) is 3.60. The van der Waals surface area contributed by atoms with E-state index in [1.54, 1.807) is 13.8 Å². The first kappa shape index (κ1) is 9.94. The van der Waals surface area contributed by atoms with E-state index in [1.807, 2.05) is 0 Å². The summed E-state index contributed by atoms with van der Waals surface area (Å²) in [5.74, 6) is -1.20. The summed E-state index contributed by atoms with van der Waals surface area (Å²) in [6.07, 6.45) is 0.741. The average molecular weight is 159 g/mol. The van der Waals surface area contributed by atoms with Gasteiger partial charge < -0.3 is 10.4 Å². The van der Waals surface area contributed by atoms with Crippen LogP contribution in [0.15, 0.2) is 0 Å². The van der Waals surface area contributed by atoms with E-state index in [0.29, 0.717) is 12.8 Å². The number of carbonyl (C=O) groups excluding carboxylic acids is 1. The van der Waals surface area contributed by atoms with Crippen LogP contribution >= 0.6 is 0 Å². The van der Waals surface area contributed by atoms with Gasteiger partial charge in [0.05, 0.1) is 0 Å². The highest BCUT2D eigenvalue weighted by Gasteiger charge is 2.15. The molecule has 2 N–H and O–H groups in total. The van der Waals surface area contributed by atoms with Gasteiger partial charge in [0.1, 0.15) is 6.04 Å². The smallest absolute Gasteiger partial charge is 0.326 e. The van der Waals surface area contributed by atoms with Crippen LogP contribution in [0, 0.1) is 0 Å². The molecule has 0 aliphatic heterocycles. The van der Waals surface area contributed by atoms with Crippen molar-refractivity contribution in [3.8, 4) is 0 Å². The van der Waals surface area contributed by atoms with E-state index in [0.717, 1.165) is 0 Å². The van der Waals surface area contributed by atoms with Crippen molar-refractivity contribution in [3.63, 3.8) is 0 Å². The van der Waals surface area contributed by atoms with Gasteiger partial charge >= 0.3 is 5.97 Å². The molecule has 4 heteroatoms. The van der Waals surface area contributed by atoms with Crippen molar-refractivity contribution in [2.24, 2.45) is 0 Å². The molecule has 1 unspecified atom stereocenters. The first-order valence-corrected chi connectivity index (χ1v) is 3.64. The van der Waals surface area contributed by atoms with Crippen molar-refractivity contribution in [2.45, 2.75) is 32.7 Å². The van der Waals surface area contributed by atoms with Crippen molar-refractivity contribution < 1.29 is 14.7 Å². The van der Waals surface area contributed by atoms with E-state index in [9.17, 15) is 9.59 Å². The SMILES string of the molecule is CCC(=O)NC(CC)C(=O)O. The molecule has 0 bridgehead atoms. The van der Waals surface area contributed by atoms with Gasteiger partial charge in [-0.15, -0.1) is 0 Å². The van der Waals surface area contributed by atoms with E-state index in [-0.39, 0.29) is 5.91 Å².